The quantitative estimate of drug-likeness (QED) is 0.736. The number of amides is 1. The topological polar surface area (TPSA) is 42.0 Å². The van der Waals surface area contributed by atoms with E-state index in [2.05, 4.69) is 18.7 Å². The van der Waals surface area contributed by atoms with Gasteiger partial charge in [0, 0.05) is 20.1 Å². The molecule has 21 heavy (non-hydrogen) atoms. The van der Waals surface area contributed by atoms with E-state index in [0.717, 1.165) is 19.6 Å². The van der Waals surface area contributed by atoms with Crippen LogP contribution in [0, 0.1) is 0 Å². The fraction of sp³-hybridized carbons (Fsp3) is 0.562. The minimum Gasteiger partial charge on any atom is -0.496 e. The molecule has 0 saturated heterocycles. The van der Waals surface area contributed by atoms with Crippen LogP contribution in [0.1, 0.15) is 24.2 Å². The van der Waals surface area contributed by atoms with Crippen LogP contribution in [0.4, 0.5) is 0 Å². The van der Waals surface area contributed by atoms with Crippen molar-refractivity contribution in [3.05, 3.63) is 23.8 Å². The molecule has 0 spiro atoms. The highest BCUT2D eigenvalue weighted by molar-refractivity contribution is 5.99. The maximum Gasteiger partial charge on any atom is 0.261 e. The Bertz CT molecular complexity index is 437. The van der Waals surface area contributed by atoms with E-state index in [9.17, 15) is 4.79 Å². The molecular formula is C16H26N2O3. The Hall–Kier alpha value is -1.75. The van der Waals surface area contributed by atoms with E-state index < -0.39 is 0 Å². The predicted molar refractivity (Wildman–Crippen MR) is 84.3 cm³/mol. The fourth-order valence-electron chi connectivity index (χ4n) is 2.19. The van der Waals surface area contributed by atoms with Gasteiger partial charge in [0.1, 0.15) is 17.1 Å². The highest BCUT2D eigenvalue weighted by atomic mass is 16.5. The van der Waals surface area contributed by atoms with E-state index in [-0.39, 0.29) is 5.91 Å². The molecule has 0 N–H and O–H groups in total. The Morgan fingerprint density at radius 3 is 2.00 bits per heavy atom. The fourth-order valence-corrected chi connectivity index (χ4v) is 2.19. The summed E-state index contributed by atoms with van der Waals surface area (Å²) in [6, 6.07) is 5.35. The Morgan fingerprint density at radius 1 is 1.05 bits per heavy atom. The summed E-state index contributed by atoms with van der Waals surface area (Å²) in [5.41, 5.74) is 0.476. The third-order valence-corrected chi connectivity index (χ3v) is 3.63. The summed E-state index contributed by atoms with van der Waals surface area (Å²) >= 11 is 0. The lowest BCUT2D eigenvalue weighted by molar-refractivity contribution is 0.0773. The maximum atomic E-state index is 12.6. The van der Waals surface area contributed by atoms with Crippen LogP contribution in [-0.2, 0) is 0 Å². The molecule has 1 amide bonds. The minimum atomic E-state index is -0.0866. The van der Waals surface area contributed by atoms with E-state index in [1.54, 1.807) is 38.3 Å². The van der Waals surface area contributed by atoms with Gasteiger partial charge in [-0.2, -0.15) is 0 Å². The van der Waals surface area contributed by atoms with Crippen molar-refractivity contribution in [2.75, 3.05) is 47.4 Å². The summed E-state index contributed by atoms with van der Waals surface area (Å²) in [5, 5.41) is 0. The zero-order valence-electron chi connectivity index (χ0n) is 13.7. The van der Waals surface area contributed by atoms with Crippen LogP contribution in [-0.4, -0.2) is 63.2 Å². The molecule has 0 aliphatic carbocycles. The molecule has 0 unspecified atom stereocenters. The predicted octanol–water partition coefficient (Wildman–Crippen LogP) is 2.12. The summed E-state index contributed by atoms with van der Waals surface area (Å²) in [4.78, 5) is 16.6. The van der Waals surface area contributed by atoms with E-state index in [0.29, 0.717) is 23.6 Å². The van der Waals surface area contributed by atoms with Crippen molar-refractivity contribution in [3.8, 4) is 11.5 Å². The van der Waals surface area contributed by atoms with Crippen molar-refractivity contribution >= 4 is 5.91 Å². The molecule has 0 aliphatic heterocycles. The van der Waals surface area contributed by atoms with Gasteiger partial charge in [-0.05, 0) is 25.2 Å². The molecule has 0 aromatic heterocycles. The number of likely N-dealkylation sites (N-methyl/N-ethyl adjacent to an activating group) is 2. The average molecular weight is 294 g/mol. The number of carbonyl (C=O) groups excluding carboxylic acids is 1. The largest absolute Gasteiger partial charge is 0.496 e. The lowest BCUT2D eigenvalue weighted by Gasteiger charge is -2.24. The van der Waals surface area contributed by atoms with Crippen molar-refractivity contribution in [3.63, 3.8) is 0 Å². The molecular weight excluding hydrogens is 268 g/mol. The normalized spacial score (nSPS) is 10.6. The average Bonchev–Trinajstić information content (AvgIpc) is 2.53. The number of hydrogen-bond donors (Lipinski definition) is 0. The molecule has 1 aromatic rings. The smallest absolute Gasteiger partial charge is 0.261 e. The maximum absolute atomic E-state index is 12.6. The van der Waals surface area contributed by atoms with Crippen molar-refractivity contribution in [1.82, 2.24) is 9.80 Å². The Balaban J connectivity index is 2.87. The third-order valence-electron chi connectivity index (χ3n) is 3.63. The monoisotopic (exact) mass is 294 g/mol. The Labute approximate surface area is 127 Å². The van der Waals surface area contributed by atoms with Crippen molar-refractivity contribution in [2.24, 2.45) is 0 Å². The van der Waals surface area contributed by atoms with E-state index in [1.165, 1.54) is 0 Å². The molecule has 5 nitrogen and oxygen atoms in total. The SMILES string of the molecule is CCN(CC)CCN(C)C(=O)c1c(OC)cccc1OC. The van der Waals surface area contributed by atoms with Crippen LogP contribution in [0.3, 0.4) is 0 Å². The zero-order chi connectivity index (χ0) is 15.8. The molecule has 118 valence electrons. The van der Waals surface area contributed by atoms with Gasteiger partial charge in [-0.15, -0.1) is 0 Å². The van der Waals surface area contributed by atoms with Crippen LogP contribution in [0.2, 0.25) is 0 Å². The first-order chi connectivity index (χ1) is 10.1. The molecule has 5 heteroatoms. The van der Waals surface area contributed by atoms with E-state index >= 15 is 0 Å². The number of hydrogen-bond acceptors (Lipinski definition) is 4. The van der Waals surface area contributed by atoms with E-state index in [4.69, 9.17) is 9.47 Å². The van der Waals surface area contributed by atoms with Gasteiger partial charge in [0.15, 0.2) is 0 Å². The third kappa shape index (κ3) is 4.36. The van der Waals surface area contributed by atoms with Gasteiger partial charge in [-0.3, -0.25) is 4.79 Å². The van der Waals surface area contributed by atoms with Gasteiger partial charge in [-0.1, -0.05) is 19.9 Å². The first kappa shape index (κ1) is 17.3. The zero-order valence-corrected chi connectivity index (χ0v) is 13.7. The van der Waals surface area contributed by atoms with Crippen LogP contribution < -0.4 is 9.47 Å². The standard InChI is InChI=1S/C16H26N2O3/c1-6-18(7-2)12-11-17(3)16(19)15-13(20-4)9-8-10-14(15)21-5/h8-10H,6-7,11-12H2,1-5H3. The molecule has 1 rings (SSSR count). The van der Waals surface area contributed by atoms with Gasteiger partial charge in [0.2, 0.25) is 0 Å². The molecule has 0 heterocycles. The summed E-state index contributed by atoms with van der Waals surface area (Å²) in [6.07, 6.45) is 0. The Kier molecular flexibility index (Phi) is 7.02. The molecule has 0 atom stereocenters. The second-order valence-electron chi connectivity index (χ2n) is 4.79. The van der Waals surface area contributed by atoms with Gasteiger partial charge >= 0.3 is 0 Å². The second kappa shape index (κ2) is 8.52. The summed E-state index contributed by atoms with van der Waals surface area (Å²) < 4.78 is 10.6. The highest BCUT2D eigenvalue weighted by Gasteiger charge is 2.21. The van der Waals surface area contributed by atoms with Gasteiger partial charge in [-0.25, -0.2) is 0 Å². The molecule has 0 aliphatic rings. The van der Waals surface area contributed by atoms with Gasteiger partial charge in [0.05, 0.1) is 14.2 Å². The second-order valence-corrected chi connectivity index (χ2v) is 4.79. The lowest BCUT2D eigenvalue weighted by Crippen LogP contribution is -2.36. The van der Waals surface area contributed by atoms with Crippen molar-refractivity contribution in [1.29, 1.82) is 0 Å². The molecule has 0 bridgehead atoms. The van der Waals surface area contributed by atoms with Crippen LogP contribution in [0.5, 0.6) is 11.5 Å². The minimum absolute atomic E-state index is 0.0866. The molecule has 0 radical (unpaired) electrons. The van der Waals surface area contributed by atoms with Crippen LogP contribution >= 0.6 is 0 Å². The van der Waals surface area contributed by atoms with Crippen LogP contribution in [0.15, 0.2) is 18.2 Å². The highest BCUT2D eigenvalue weighted by Crippen LogP contribution is 2.29. The molecule has 0 fully saturated rings. The van der Waals surface area contributed by atoms with Gasteiger partial charge < -0.3 is 19.3 Å². The first-order valence-corrected chi connectivity index (χ1v) is 7.27. The first-order valence-electron chi connectivity index (χ1n) is 7.27. The van der Waals surface area contributed by atoms with E-state index in [1.807, 2.05) is 6.07 Å². The number of nitrogens with zero attached hydrogens (tertiary/aromatic N) is 2. The number of methoxy groups -OCH3 is 2. The summed E-state index contributed by atoms with van der Waals surface area (Å²) in [6.45, 7) is 7.73. The molecule has 0 saturated carbocycles. The number of ether oxygens (including phenoxy) is 2. The summed E-state index contributed by atoms with van der Waals surface area (Å²) in [7, 11) is 4.92. The number of carbonyl (C=O) groups is 1. The van der Waals surface area contributed by atoms with Crippen molar-refractivity contribution in [2.45, 2.75) is 13.8 Å². The number of rotatable bonds is 8. The van der Waals surface area contributed by atoms with Crippen molar-refractivity contribution < 1.29 is 14.3 Å². The number of benzene rings is 1. The lowest BCUT2D eigenvalue weighted by atomic mass is 10.1. The Morgan fingerprint density at radius 2 is 1.57 bits per heavy atom. The van der Waals surface area contributed by atoms with Gasteiger partial charge in [0.25, 0.3) is 5.91 Å². The van der Waals surface area contributed by atoms with Crippen LogP contribution in [0.25, 0.3) is 0 Å². The summed E-state index contributed by atoms with van der Waals surface area (Å²) in [5.74, 6) is 0.986. The molecule has 1 aromatic carbocycles.